The summed E-state index contributed by atoms with van der Waals surface area (Å²) in [6, 6.07) is 0. The summed E-state index contributed by atoms with van der Waals surface area (Å²) in [5.41, 5.74) is 2.51. The van der Waals surface area contributed by atoms with Crippen LogP contribution in [-0.4, -0.2) is 9.97 Å². The molecule has 0 radical (unpaired) electrons. The van der Waals surface area contributed by atoms with Gasteiger partial charge in [0.25, 0.3) is 0 Å². The smallest absolute Gasteiger partial charge is 0.0925 e. The molecule has 0 amide bonds. The van der Waals surface area contributed by atoms with Gasteiger partial charge in [0, 0.05) is 5.69 Å². The lowest BCUT2D eigenvalue weighted by Crippen LogP contribution is -1.89. The van der Waals surface area contributed by atoms with Crippen molar-refractivity contribution in [3.63, 3.8) is 0 Å². The number of hydrogen-bond donors (Lipinski definition) is 1. The molecule has 10 heavy (non-hydrogen) atoms. The van der Waals surface area contributed by atoms with Gasteiger partial charge in [0.2, 0.25) is 0 Å². The molecule has 1 saturated carbocycles. The van der Waals surface area contributed by atoms with Gasteiger partial charge in [0.05, 0.1) is 12.0 Å². The Morgan fingerprint density at radius 1 is 1.70 bits per heavy atom. The first kappa shape index (κ1) is 5.96. The molecule has 2 rings (SSSR count). The van der Waals surface area contributed by atoms with Crippen LogP contribution in [0.5, 0.6) is 0 Å². The number of rotatable bonds is 2. The van der Waals surface area contributed by atoms with E-state index in [9.17, 15) is 0 Å². The Hall–Kier alpha value is -0.790. The molecule has 0 saturated heterocycles. The number of H-pyrrole nitrogens is 1. The van der Waals surface area contributed by atoms with Crippen molar-refractivity contribution in [2.45, 2.75) is 26.2 Å². The van der Waals surface area contributed by atoms with Gasteiger partial charge in [-0.2, -0.15) is 0 Å². The maximum atomic E-state index is 4.24. The first-order valence-corrected chi connectivity index (χ1v) is 3.85. The number of hydrogen-bond acceptors (Lipinski definition) is 1. The first-order chi connectivity index (χ1) is 4.86. The van der Waals surface area contributed by atoms with Gasteiger partial charge in [0.15, 0.2) is 0 Å². The summed E-state index contributed by atoms with van der Waals surface area (Å²) in [5.74, 6) is 0.946. The Kier molecular flexibility index (Phi) is 1.26. The van der Waals surface area contributed by atoms with Crippen molar-refractivity contribution in [3.8, 4) is 0 Å². The largest absolute Gasteiger partial charge is 0.348 e. The topological polar surface area (TPSA) is 28.7 Å². The lowest BCUT2D eigenvalue weighted by molar-refractivity contribution is 0.804. The lowest BCUT2D eigenvalue weighted by atomic mass is 10.2. The van der Waals surface area contributed by atoms with Gasteiger partial charge in [-0.1, -0.05) is 0 Å². The standard InChI is InChI=1S/C8H12N2/c1-6-8(10-5-9-6)4-7-2-3-7/h5,7H,2-4H2,1H3,(H,9,10). The summed E-state index contributed by atoms with van der Waals surface area (Å²) >= 11 is 0. The Balaban J connectivity index is 2.08. The van der Waals surface area contributed by atoms with Crippen LogP contribution in [0.4, 0.5) is 0 Å². The maximum Gasteiger partial charge on any atom is 0.0925 e. The number of nitrogens with one attached hydrogen (secondary N) is 1. The van der Waals surface area contributed by atoms with Gasteiger partial charge in [-0.25, -0.2) is 4.98 Å². The molecule has 1 fully saturated rings. The Morgan fingerprint density at radius 2 is 2.50 bits per heavy atom. The molecular formula is C8H12N2. The molecule has 0 bridgehead atoms. The molecule has 0 unspecified atom stereocenters. The summed E-state index contributed by atoms with van der Waals surface area (Å²) in [6.07, 6.45) is 5.79. The van der Waals surface area contributed by atoms with Crippen LogP contribution in [0.3, 0.4) is 0 Å². The zero-order valence-corrected chi connectivity index (χ0v) is 6.22. The van der Waals surface area contributed by atoms with Crippen molar-refractivity contribution in [1.29, 1.82) is 0 Å². The van der Waals surface area contributed by atoms with E-state index in [1.165, 1.54) is 30.7 Å². The van der Waals surface area contributed by atoms with Crippen LogP contribution in [0.2, 0.25) is 0 Å². The molecule has 54 valence electrons. The van der Waals surface area contributed by atoms with Crippen LogP contribution in [0.25, 0.3) is 0 Å². The van der Waals surface area contributed by atoms with Crippen LogP contribution < -0.4 is 0 Å². The highest BCUT2D eigenvalue weighted by molar-refractivity contribution is 5.10. The highest BCUT2D eigenvalue weighted by Gasteiger charge is 2.22. The molecule has 0 spiro atoms. The molecule has 2 heteroatoms. The second kappa shape index (κ2) is 2.11. The first-order valence-electron chi connectivity index (χ1n) is 3.85. The molecule has 1 N–H and O–H groups in total. The minimum absolute atomic E-state index is 0.946. The van der Waals surface area contributed by atoms with Crippen LogP contribution in [-0.2, 0) is 6.42 Å². The van der Waals surface area contributed by atoms with Crippen molar-refractivity contribution in [1.82, 2.24) is 9.97 Å². The van der Waals surface area contributed by atoms with Crippen molar-refractivity contribution >= 4 is 0 Å². The third-order valence-electron chi connectivity index (χ3n) is 2.11. The number of aryl methyl sites for hydroxylation is 1. The summed E-state index contributed by atoms with van der Waals surface area (Å²) in [6.45, 7) is 2.09. The third-order valence-corrected chi connectivity index (χ3v) is 2.11. The Morgan fingerprint density at radius 3 is 3.00 bits per heavy atom. The highest BCUT2D eigenvalue weighted by atomic mass is 14.9. The quantitative estimate of drug-likeness (QED) is 0.658. The highest BCUT2D eigenvalue weighted by Crippen LogP contribution is 2.32. The molecule has 0 aromatic carbocycles. The van der Waals surface area contributed by atoms with Gasteiger partial charge >= 0.3 is 0 Å². The van der Waals surface area contributed by atoms with E-state index >= 15 is 0 Å². The van der Waals surface area contributed by atoms with Gasteiger partial charge in [-0.15, -0.1) is 0 Å². The molecule has 0 atom stereocenters. The van der Waals surface area contributed by atoms with E-state index in [-0.39, 0.29) is 0 Å². The van der Waals surface area contributed by atoms with Crippen molar-refractivity contribution in [2.75, 3.05) is 0 Å². The van der Waals surface area contributed by atoms with Gasteiger partial charge < -0.3 is 4.98 Å². The van der Waals surface area contributed by atoms with Gasteiger partial charge in [-0.05, 0) is 32.1 Å². The van der Waals surface area contributed by atoms with Crippen molar-refractivity contribution in [2.24, 2.45) is 5.92 Å². The average Bonchev–Trinajstić information content (AvgIpc) is 2.62. The average molecular weight is 136 g/mol. The number of imidazole rings is 1. The van der Waals surface area contributed by atoms with Gasteiger partial charge in [0.1, 0.15) is 0 Å². The number of nitrogens with zero attached hydrogens (tertiary/aromatic N) is 1. The number of aromatic nitrogens is 2. The van der Waals surface area contributed by atoms with Crippen LogP contribution in [0, 0.1) is 12.8 Å². The summed E-state index contributed by atoms with van der Waals surface area (Å²) < 4.78 is 0. The van der Waals surface area contributed by atoms with Crippen molar-refractivity contribution < 1.29 is 0 Å². The van der Waals surface area contributed by atoms with Crippen LogP contribution in [0.1, 0.15) is 24.2 Å². The monoisotopic (exact) mass is 136 g/mol. The Bertz CT molecular complexity index is 223. The fourth-order valence-electron chi connectivity index (χ4n) is 1.19. The molecule has 1 aromatic heterocycles. The molecule has 1 aliphatic carbocycles. The fourth-order valence-corrected chi connectivity index (χ4v) is 1.19. The van der Waals surface area contributed by atoms with Gasteiger partial charge in [-0.3, -0.25) is 0 Å². The minimum atomic E-state index is 0.946. The lowest BCUT2D eigenvalue weighted by Gasteiger charge is -1.92. The zero-order chi connectivity index (χ0) is 6.97. The zero-order valence-electron chi connectivity index (χ0n) is 6.22. The van der Waals surface area contributed by atoms with E-state index in [0.717, 1.165) is 5.92 Å². The van der Waals surface area contributed by atoms with E-state index < -0.39 is 0 Å². The van der Waals surface area contributed by atoms with E-state index in [0.29, 0.717) is 0 Å². The summed E-state index contributed by atoms with van der Waals surface area (Å²) in [4.78, 5) is 7.33. The summed E-state index contributed by atoms with van der Waals surface area (Å²) in [5, 5.41) is 0. The third kappa shape index (κ3) is 1.06. The van der Waals surface area contributed by atoms with Crippen molar-refractivity contribution in [3.05, 3.63) is 17.7 Å². The maximum absolute atomic E-state index is 4.24. The fraction of sp³-hybridized carbons (Fsp3) is 0.625. The van der Waals surface area contributed by atoms with E-state index in [1.807, 2.05) is 0 Å². The minimum Gasteiger partial charge on any atom is -0.348 e. The summed E-state index contributed by atoms with van der Waals surface area (Å²) in [7, 11) is 0. The van der Waals surface area contributed by atoms with E-state index in [1.54, 1.807) is 6.33 Å². The second-order valence-electron chi connectivity index (χ2n) is 3.12. The molecular weight excluding hydrogens is 124 g/mol. The van der Waals surface area contributed by atoms with Crippen LogP contribution in [0.15, 0.2) is 6.33 Å². The van der Waals surface area contributed by atoms with Crippen LogP contribution >= 0.6 is 0 Å². The van der Waals surface area contributed by atoms with E-state index in [4.69, 9.17) is 0 Å². The molecule has 1 aromatic rings. The molecule has 1 heterocycles. The SMILES string of the molecule is Cc1[nH]cnc1CC1CC1. The normalized spacial score (nSPS) is 17.7. The molecule has 0 aliphatic heterocycles. The molecule has 2 nitrogen and oxygen atoms in total. The predicted octanol–water partition coefficient (Wildman–Crippen LogP) is 1.67. The second-order valence-corrected chi connectivity index (χ2v) is 3.12. The Labute approximate surface area is 60.7 Å². The predicted molar refractivity (Wildman–Crippen MR) is 39.8 cm³/mol. The van der Waals surface area contributed by atoms with E-state index in [2.05, 4.69) is 16.9 Å². The number of aromatic amines is 1. The molecule has 1 aliphatic rings.